The first-order chi connectivity index (χ1) is 4.74. The summed E-state index contributed by atoms with van der Waals surface area (Å²) in [6.07, 6.45) is 0.942. The average molecular weight is 149 g/mol. The Kier molecular flexibility index (Phi) is 4.55. The van der Waals surface area contributed by atoms with Gasteiger partial charge in [0.25, 0.3) is 0 Å². The van der Waals surface area contributed by atoms with E-state index < -0.39 is 5.54 Å². The first-order valence-electron chi connectivity index (χ1n) is 3.37. The second-order valence-electron chi connectivity index (χ2n) is 2.38. The maximum absolute atomic E-state index is 8.77. The molecule has 0 aromatic rings. The second-order valence-corrected chi connectivity index (χ2v) is 2.38. The molecule has 0 amide bonds. The van der Waals surface area contributed by atoms with E-state index in [4.69, 9.17) is 15.4 Å². The predicted molar refractivity (Wildman–Crippen MR) is 36.7 cm³/mol. The topological polar surface area (TPSA) is 72.7 Å². The molecule has 0 aliphatic carbocycles. The minimum atomic E-state index is -0.714. The van der Waals surface area contributed by atoms with Crippen LogP contribution in [0.1, 0.15) is 19.8 Å². The molecule has 0 saturated heterocycles. The van der Waals surface area contributed by atoms with Crippen molar-refractivity contribution in [2.24, 2.45) is 0 Å². The van der Waals surface area contributed by atoms with Gasteiger partial charge in [0.05, 0.1) is 12.1 Å². The minimum absolute atomic E-state index is 0.0397. The molecule has 4 N–H and O–H groups in total. The van der Waals surface area contributed by atoms with E-state index in [1.54, 1.807) is 0 Å². The number of aliphatic hydroxyl groups excluding tert-OH is 2. The molecule has 0 bridgehead atoms. The van der Waals surface area contributed by atoms with Gasteiger partial charge in [-0.3, -0.25) is 0 Å². The molecule has 62 valence electrons. The Balaban J connectivity index is 3.87. The van der Waals surface area contributed by atoms with Crippen LogP contribution >= 0.6 is 0 Å². The van der Waals surface area contributed by atoms with Gasteiger partial charge in [0.1, 0.15) is 0 Å². The fraction of sp³-hybridized carbons (Fsp3) is 1.00. The van der Waals surface area contributed by atoms with E-state index in [0.29, 0.717) is 12.8 Å². The molecule has 1 unspecified atom stereocenters. The van der Waals surface area contributed by atoms with Crippen molar-refractivity contribution in [3.05, 3.63) is 0 Å². The second kappa shape index (κ2) is 4.62. The molecular weight excluding hydrogens is 134 g/mol. The van der Waals surface area contributed by atoms with Crippen LogP contribution in [-0.2, 0) is 0 Å². The van der Waals surface area contributed by atoms with Gasteiger partial charge in [-0.05, 0) is 12.8 Å². The van der Waals surface area contributed by atoms with Gasteiger partial charge in [-0.15, -0.1) is 0 Å². The maximum atomic E-state index is 8.77. The van der Waals surface area contributed by atoms with E-state index in [9.17, 15) is 0 Å². The lowest BCUT2D eigenvalue weighted by atomic mass is 9.95. The summed E-state index contributed by atoms with van der Waals surface area (Å²) in [6, 6.07) is 0. The number of hydroxylamine groups is 1. The summed E-state index contributed by atoms with van der Waals surface area (Å²) in [5.41, 5.74) is 1.29. The fourth-order valence-electron chi connectivity index (χ4n) is 0.752. The monoisotopic (exact) mass is 149 g/mol. The minimum Gasteiger partial charge on any atom is -0.396 e. The third-order valence-corrected chi connectivity index (χ3v) is 1.81. The van der Waals surface area contributed by atoms with Gasteiger partial charge >= 0.3 is 0 Å². The Bertz CT molecular complexity index is 74.8. The molecule has 0 heterocycles. The summed E-state index contributed by atoms with van der Waals surface area (Å²) in [5.74, 6) is 0. The summed E-state index contributed by atoms with van der Waals surface area (Å²) >= 11 is 0. The van der Waals surface area contributed by atoms with E-state index >= 15 is 0 Å². The first kappa shape index (κ1) is 9.84. The first-order valence-corrected chi connectivity index (χ1v) is 3.37. The molecule has 0 radical (unpaired) electrons. The molecule has 0 aliphatic rings. The lowest BCUT2D eigenvalue weighted by molar-refractivity contribution is 0.00500. The molecule has 0 aromatic carbocycles. The lowest BCUT2D eigenvalue weighted by Crippen LogP contribution is -2.46. The Morgan fingerprint density at radius 3 is 2.10 bits per heavy atom. The number of hydrogen-bond donors (Lipinski definition) is 4. The van der Waals surface area contributed by atoms with E-state index in [0.717, 1.165) is 0 Å². The molecule has 0 spiro atoms. The normalized spacial score (nSPS) is 16.8. The van der Waals surface area contributed by atoms with Crippen molar-refractivity contribution in [2.75, 3.05) is 13.2 Å². The Morgan fingerprint density at radius 1 is 1.40 bits per heavy atom. The third-order valence-electron chi connectivity index (χ3n) is 1.81. The van der Waals surface area contributed by atoms with Crippen LogP contribution in [0.15, 0.2) is 0 Å². The van der Waals surface area contributed by atoms with Crippen molar-refractivity contribution in [3.63, 3.8) is 0 Å². The van der Waals surface area contributed by atoms with Crippen LogP contribution in [0.25, 0.3) is 0 Å². The van der Waals surface area contributed by atoms with Crippen LogP contribution in [0.3, 0.4) is 0 Å². The van der Waals surface area contributed by atoms with Crippen molar-refractivity contribution < 1.29 is 15.4 Å². The van der Waals surface area contributed by atoms with Crippen LogP contribution in [0.2, 0.25) is 0 Å². The summed E-state index contributed by atoms with van der Waals surface area (Å²) in [4.78, 5) is 0. The summed E-state index contributed by atoms with van der Waals surface area (Å²) in [5, 5.41) is 25.9. The van der Waals surface area contributed by atoms with Crippen LogP contribution in [-0.4, -0.2) is 34.2 Å². The lowest BCUT2D eigenvalue weighted by Gasteiger charge is -2.27. The average Bonchev–Trinajstić information content (AvgIpc) is 2.01. The van der Waals surface area contributed by atoms with E-state index in [1.165, 1.54) is 0 Å². The van der Waals surface area contributed by atoms with Crippen molar-refractivity contribution in [1.82, 2.24) is 5.48 Å². The van der Waals surface area contributed by atoms with Crippen molar-refractivity contribution in [3.8, 4) is 0 Å². The van der Waals surface area contributed by atoms with Crippen LogP contribution in [0, 0.1) is 0 Å². The largest absolute Gasteiger partial charge is 0.396 e. The van der Waals surface area contributed by atoms with Gasteiger partial charge in [-0.2, -0.15) is 5.48 Å². The highest BCUT2D eigenvalue weighted by atomic mass is 16.5. The molecule has 0 fully saturated rings. The van der Waals surface area contributed by atoms with Gasteiger partial charge < -0.3 is 15.4 Å². The quantitative estimate of drug-likeness (QED) is 0.397. The highest BCUT2D eigenvalue weighted by molar-refractivity contribution is 4.81. The molecule has 0 aromatic heterocycles. The highest BCUT2D eigenvalue weighted by Crippen LogP contribution is 2.12. The fourth-order valence-corrected chi connectivity index (χ4v) is 0.752. The molecule has 4 heteroatoms. The molecule has 0 rings (SSSR count). The summed E-state index contributed by atoms with van der Waals surface area (Å²) in [6.45, 7) is 1.62. The van der Waals surface area contributed by atoms with Gasteiger partial charge in [0.15, 0.2) is 0 Å². The maximum Gasteiger partial charge on any atom is 0.0679 e. The molecule has 0 aliphatic heterocycles. The molecule has 4 nitrogen and oxygen atoms in total. The van der Waals surface area contributed by atoms with Crippen LogP contribution < -0.4 is 5.48 Å². The van der Waals surface area contributed by atoms with Gasteiger partial charge in [-0.25, -0.2) is 0 Å². The molecular formula is C6H15NO3. The number of nitrogens with one attached hydrogen (secondary N) is 1. The zero-order valence-electron chi connectivity index (χ0n) is 6.17. The predicted octanol–water partition coefficient (Wildman–Crippen LogP) is -0.511. The van der Waals surface area contributed by atoms with E-state index in [-0.39, 0.29) is 13.2 Å². The Labute approximate surface area is 60.5 Å². The molecule has 10 heavy (non-hydrogen) atoms. The number of aliphatic hydroxyl groups is 2. The van der Waals surface area contributed by atoms with Crippen molar-refractivity contribution in [2.45, 2.75) is 25.3 Å². The van der Waals surface area contributed by atoms with Gasteiger partial charge in [0.2, 0.25) is 0 Å². The third kappa shape index (κ3) is 2.22. The zero-order chi connectivity index (χ0) is 8.04. The molecule has 0 saturated carbocycles. The van der Waals surface area contributed by atoms with Gasteiger partial charge in [-0.1, -0.05) is 6.92 Å². The van der Waals surface area contributed by atoms with Crippen molar-refractivity contribution >= 4 is 0 Å². The Morgan fingerprint density at radius 2 is 2.00 bits per heavy atom. The zero-order valence-corrected chi connectivity index (χ0v) is 6.17. The SMILES string of the molecule is CCC(CO)(CCO)NO. The summed E-state index contributed by atoms with van der Waals surface area (Å²) in [7, 11) is 0. The van der Waals surface area contributed by atoms with Gasteiger partial charge in [0, 0.05) is 6.61 Å². The van der Waals surface area contributed by atoms with E-state index in [2.05, 4.69) is 0 Å². The standard InChI is InChI=1S/C6H15NO3/c1-2-6(5-9,7-10)3-4-8/h7-10H,2-5H2,1H3. The van der Waals surface area contributed by atoms with E-state index in [1.807, 2.05) is 12.4 Å². The highest BCUT2D eigenvalue weighted by Gasteiger charge is 2.25. The van der Waals surface area contributed by atoms with Crippen molar-refractivity contribution in [1.29, 1.82) is 0 Å². The number of rotatable bonds is 5. The van der Waals surface area contributed by atoms with Crippen LogP contribution in [0.5, 0.6) is 0 Å². The Hall–Kier alpha value is -0.160. The van der Waals surface area contributed by atoms with Crippen LogP contribution in [0.4, 0.5) is 0 Å². The smallest absolute Gasteiger partial charge is 0.0679 e. The number of hydrogen-bond acceptors (Lipinski definition) is 4. The summed E-state index contributed by atoms with van der Waals surface area (Å²) < 4.78 is 0. The molecule has 1 atom stereocenters.